The Labute approximate surface area is 64.3 Å². The summed E-state index contributed by atoms with van der Waals surface area (Å²) in [5.74, 6) is 0.262. The summed E-state index contributed by atoms with van der Waals surface area (Å²) in [6, 6.07) is 0. The minimum Gasteiger partial charge on any atom is -0.390 e. The molecule has 1 rings (SSSR count). The van der Waals surface area contributed by atoms with Crippen molar-refractivity contribution in [2.24, 2.45) is 0 Å². The van der Waals surface area contributed by atoms with Crippen LogP contribution in [0.15, 0.2) is 18.7 Å². The molecule has 0 aliphatic rings. The number of aromatic nitrogens is 2. The van der Waals surface area contributed by atoms with E-state index in [9.17, 15) is 0 Å². The highest BCUT2D eigenvalue weighted by Crippen LogP contribution is 1.93. The van der Waals surface area contributed by atoms with Gasteiger partial charge in [0.25, 0.3) is 0 Å². The van der Waals surface area contributed by atoms with Crippen LogP contribution in [0.4, 0.5) is 0 Å². The van der Waals surface area contributed by atoms with Gasteiger partial charge in [0.2, 0.25) is 0 Å². The van der Waals surface area contributed by atoms with E-state index >= 15 is 0 Å². The third kappa shape index (κ3) is 2.01. The van der Waals surface area contributed by atoms with Gasteiger partial charge >= 0.3 is 0 Å². The van der Waals surface area contributed by atoms with Gasteiger partial charge in [0.1, 0.15) is 0 Å². The van der Waals surface area contributed by atoms with Crippen LogP contribution in [0.2, 0.25) is 0 Å². The highest BCUT2D eigenvalue weighted by atomic mass is 35.5. The summed E-state index contributed by atoms with van der Waals surface area (Å²) in [6.07, 6.45) is 4.63. The molecule has 3 nitrogen and oxygen atoms in total. The fourth-order valence-corrected chi connectivity index (χ4v) is 0.784. The lowest BCUT2D eigenvalue weighted by Crippen LogP contribution is -2.15. The monoisotopic (exact) mass is 160 g/mol. The Balaban J connectivity index is 2.40. The Morgan fingerprint density at radius 1 is 1.70 bits per heavy atom. The van der Waals surface area contributed by atoms with Gasteiger partial charge < -0.3 is 9.67 Å². The summed E-state index contributed by atoms with van der Waals surface area (Å²) in [4.78, 5) is 3.82. The molecule has 0 radical (unpaired) electrons. The van der Waals surface area contributed by atoms with E-state index in [-0.39, 0.29) is 5.88 Å². The van der Waals surface area contributed by atoms with Gasteiger partial charge in [0.15, 0.2) is 0 Å². The van der Waals surface area contributed by atoms with Crippen molar-refractivity contribution in [3.05, 3.63) is 18.7 Å². The summed E-state index contributed by atoms with van der Waals surface area (Å²) in [5.41, 5.74) is 0. The fourth-order valence-electron chi connectivity index (χ4n) is 0.687. The minimum atomic E-state index is -0.476. The molecule has 4 heteroatoms. The molecule has 1 aromatic rings. The molecule has 1 atom stereocenters. The fraction of sp³-hybridized carbons (Fsp3) is 0.500. The first-order valence-electron chi connectivity index (χ1n) is 3.02. The molecule has 0 amide bonds. The molecule has 0 bridgehead atoms. The van der Waals surface area contributed by atoms with Gasteiger partial charge in [-0.15, -0.1) is 11.6 Å². The molecule has 1 unspecified atom stereocenters. The lowest BCUT2D eigenvalue weighted by Gasteiger charge is -2.05. The highest BCUT2D eigenvalue weighted by Gasteiger charge is 2.00. The zero-order valence-electron chi connectivity index (χ0n) is 5.44. The third-order valence-electron chi connectivity index (χ3n) is 1.16. The molecule has 0 aromatic carbocycles. The van der Waals surface area contributed by atoms with Crippen LogP contribution in [-0.4, -0.2) is 26.6 Å². The second kappa shape index (κ2) is 3.58. The van der Waals surface area contributed by atoms with E-state index in [4.69, 9.17) is 16.7 Å². The van der Waals surface area contributed by atoms with E-state index in [0.29, 0.717) is 6.54 Å². The van der Waals surface area contributed by atoms with Gasteiger partial charge in [0, 0.05) is 12.4 Å². The van der Waals surface area contributed by atoms with E-state index in [0.717, 1.165) is 0 Å². The van der Waals surface area contributed by atoms with Crippen molar-refractivity contribution in [1.82, 2.24) is 9.55 Å². The number of alkyl halides is 1. The summed E-state index contributed by atoms with van der Waals surface area (Å²) >= 11 is 5.39. The van der Waals surface area contributed by atoms with Crippen LogP contribution in [0, 0.1) is 0 Å². The van der Waals surface area contributed by atoms with Gasteiger partial charge in [-0.3, -0.25) is 0 Å². The van der Waals surface area contributed by atoms with E-state index in [1.807, 2.05) is 0 Å². The Hall–Kier alpha value is -0.540. The van der Waals surface area contributed by atoms with Gasteiger partial charge in [-0.05, 0) is 0 Å². The molecular formula is C6H9ClN2O. The largest absolute Gasteiger partial charge is 0.390 e. The van der Waals surface area contributed by atoms with Crippen molar-refractivity contribution in [2.45, 2.75) is 12.6 Å². The van der Waals surface area contributed by atoms with Crippen molar-refractivity contribution < 1.29 is 5.11 Å². The first-order chi connectivity index (χ1) is 4.83. The summed E-state index contributed by atoms with van der Waals surface area (Å²) < 4.78 is 1.78. The lowest BCUT2D eigenvalue weighted by atomic mass is 10.4. The quantitative estimate of drug-likeness (QED) is 0.654. The van der Waals surface area contributed by atoms with E-state index in [1.54, 1.807) is 23.3 Å². The maximum absolute atomic E-state index is 9.05. The smallest absolute Gasteiger partial charge is 0.0946 e. The molecule has 1 N–H and O–H groups in total. The summed E-state index contributed by atoms with van der Waals surface area (Å²) in [7, 11) is 0. The van der Waals surface area contributed by atoms with Crippen LogP contribution in [0.1, 0.15) is 0 Å². The van der Waals surface area contributed by atoms with Gasteiger partial charge in [-0.1, -0.05) is 0 Å². The standard InChI is InChI=1S/C6H9ClN2O/c7-3-6(10)4-9-2-1-8-5-9/h1-2,5-6,10H,3-4H2. The number of hydrogen-bond acceptors (Lipinski definition) is 2. The van der Waals surface area contributed by atoms with Gasteiger partial charge in [-0.25, -0.2) is 4.98 Å². The molecule has 0 spiro atoms. The van der Waals surface area contributed by atoms with Crippen LogP contribution in [-0.2, 0) is 6.54 Å². The minimum absolute atomic E-state index is 0.262. The predicted octanol–water partition coefficient (Wildman–Crippen LogP) is 0.483. The Kier molecular flexibility index (Phi) is 2.71. The van der Waals surface area contributed by atoms with Crippen molar-refractivity contribution in [2.75, 3.05) is 5.88 Å². The number of aliphatic hydroxyl groups excluding tert-OH is 1. The number of rotatable bonds is 3. The number of imidazole rings is 1. The maximum Gasteiger partial charge on any atom is 0.0946 e. The maximum atomic E-state index is 9.05. The molecule has 56 valence electrons. The highest BCUT2D eigenvalue weighted by molar-refractivity contribution is 6.18. The number of aliphatic hydroxyl groups is 1. The molecular weight excluding hydrogens is 152 g/mol. The molecule has 0 aliphatic carbocycles. The molecule has 0 saturated carbocycles. The summed E-state index contributed by atoms with van der Waals surface area (Å²) in [5, 5.41) is 9.05. The van der Waals surface area contributed by atoms with E-state index in [2.05, 4.69) is 4.98 Å². The van der Waals surface area contributed by atoms with E-state index < -0.39 is 6.10 Å². The predicted molar refractivity (Wildman–Crippen MR) is 39.0 cm³/mol. The van der Waals surface area contributed by atoms with Crippen LogP contribution < -0.4 is 0 Å². The van der Waals surface area contributed by atoms with Crippen molar-refractivity contribution in [3.63, 3.8) is 0 Å². The Morgan fingerprint density at radius 2 is 2.50 bits per heavy atom. The molecule has 1 heterocycles. The molecule has 0 aliphatic heterocycles. The zero-order valence-corrected chi connectivity index (χ0v) is 6.20. The van der Waals surface area contributed by atoms with Crippen molar-refractivity contribution >= 4 is 11.6 Å². The SMILES string of the molecule is OC(CCl)Cn1ccnc1. The van der Waals surface area contributed by atoms with Crippen molar-refractivity contribution in [1.29, 1.82) is 0 Å². The first-order valence-corrected chi connectivity index (χ1v) is 3.56. The number of nitrogens with zero attached hydrogens (tertiary/aromatic N) is 2. The Bertz CT molecular complexity index is 176. The van der Waals surface area contributed by atoms with Crippen LogP contribution in [0.5, 0.6) is 0 Å². The topological polar surface area (TPSA) is 38.0 Å². The molecule has 0 saturated heterocycles. The Morgan fingerprint density at radius 3 is 3.00 bits per heavy atom. The molecule has 10 heavy (non-hydrogen) atoms. The molecule has 0 fully saturated rings. The van der Waals surface area contributed by atoms with Gasteiger partial charge in [0.05, 0.1) is 24.9 Å². The zero-order chi connectivity index (χ0) is 7.40. The average molecular weight is 161 g/mol. The van der Waals surface area contributed by atoms with Crippen LogP contribution in [0.25, 0.3) is 0 Å². The average Bonchev–Trinajstić information content (AvgIpc) is 2.40. The lowest BCUT2D eigenvalue weighted by molar-refractivity contribution is 0.176. The second-order valence-corrected chi connectivity index (χ2v) is 2.38. The van der Waals surface area contributed by atoms with Crippen LogP contribution >= 0.6 is 11.6 Å². The number of halogens is 1. The first kappa shape index (κ1) is 7.57. The van der Waals surface area contributed by atoms with E-state index in [1.165, 1.54) is 0 Å². The molecule has 1 aromatic heterocycles. The summed E-state index contributed by atoms with van der Waals surface area (Å²) in [6.45, 7) is 0.517. The van der Waals surface area contributed by atoms with Crippen LogP contribution in [0.3, 0.4) is 0 Å². The van der Waals surface area contributed by atoms with Crippen molar-refractivity contribution in [3.8, 4) is 0 Å². The third-order valence-corrected chi connectivity index (χ3v) is 1.52. The second-order valence-electron chi connectivity index (χ2n) is 2.07. The number of hydrogen-bond donors (Lipinski definition) is 1. The normalized spacial score (nSPS) is 13.4. The van der Waals surface area contributed by atoms with Gasteiger partial charge in [-0.2, -0.15) is 0 Å².